The Morgan fingerprint density at radius 2 is 2.14 bits per heavy atom. The molecule has 0 aliphatic carbocycles. The summed E-state index contributed by atoms with van der Waals surface area (Å²) in [7, 11) is 0. The number of ketones is 1. The van der Waals surface area contributed by atoms with E-state index >= 15 is 0 Å². The number of halogens is 1. The first kappa shape index (κ1) is 13.5. The van der Waals surface area contributed by atoms with Crippen LogP contribution >= 0.6 is 0 Å². The van der Waals surface area contributed by atoms with Gasteiger partial charge in [-0.15, -0.1) is 0 Å². The number of aryl methyl sites for hydroxylation is 1. The largest absolute Gasteiger partial charge is 0.335 e. The molecule has 0 aliphatic heterocycles. The number of aromatic nitrogens is 2. The number of nitrogens with zero attached hydrogens (tertiary/aromatic N) is 2. The quantitative estimate of drug-likeness (QED) is 0.455. The van der Waals surface area contributed by atoms with E-state index in [1.54, 1.807) is 24.4 Å². The first-order valence-corrected chi connectivity index (χ1v) is 6.86. The lowest BCUT2D eigenvalue weighted by Gasteiger charge is -2.04. The van der Waals surface area contributed by atoms with E-state index in [1.165, 1.54) is 6.92 Å². The van der Waals surface area contributed by atoms with Gasteiger partial charge >= 0.3 is 0 Å². The van der Waals surface area contributed by atoms with Crippen molar-refractivity contribution in [2.75, 3.05) is 6.67 Å². The van der Waals surface area contributed by atoms with Crippen LogP contribution in [0.15, 0.2) is 36.5 Å². The molecule has 108 valence electrons. The molecule has 0 aliphatic rings. The summed E-state index contributed by atoms with van der Waals surface area (Å²) in [5.74, 6) is -0.0259. The van der Waals surface area contributed by atoms with Gasteiger partial charge in [-0.05, 0) is 37.6 Å². The molecule has 0 bridgehead atoms. The van der Waals surface area contributed by atoms with Gasteiger partial charge < -0.3 is 4.57 Å². The molecule has 0 atom stereocenters. The fraction of sp³-hybridized carbons (Fsp3) is 0.250. The van der Waals surface area contributed by atoms with Gasteiger partial charge in [0.25, 0.3) is 5.52 Å². The zero-order chi connectivity index (χ0) is 15.0. The highest BCUT2D eigenvalue weighted by Crippen LogP contribution is 2.27. The van der Waals surface area contributed by atoms with Gasteiger partial charge in [0.2, 0.25) is 6.20 Å². The number of fused-ring (bicyclic) bond motifs is 3. The number of alkyl halides is 1. The van der Waals surface area contributed by atoms with E-state index in [1.807, 2.05) is 16.7 Å². The lowest BCUT2D eigenvalue weighted by molar-refractivity contribution is -0.884. The molecule has 21 heavy (non-hydrogen) atoms. The van der Waals surface area contributed by atoms with E-state index in [-0.39, 0.29) is 5.78 Å². The molecule has 3 rings (SSSR count). The Bertz CT molecular complexity index is 839. The minimum atomic E-state index is -0.390. The van der Waals surface area contributed by atoms with Gasteiger partial charge in [0.15, 0.2) is 5.78 Å². The third kappa shape index (κ3) is 2.14. The molecule has 0 amide bonds. The number of rotatable bonds is 4. The summed E-state index contributed by atoms with van der Waals surface area (Å²) >= 11 is 0. The number of benzene rings is 1. The Morgan fingerprint density at radius 3 is 2.86 bits per heavy atom. The van der Waals surface area contributed by atoms with Crippen molar-refractivity contribution in [1.29, 1.82) is 0 Å². The maximum absolute atomic E-state index is 12.5. The summed E-state index contributed by atoms with van der Waals surface area (Å²) in [5.41, 5.74) is 2.94. The molecule has 0 saturated carbocycles. The number of pyridine rings is 1. The Labute approximate surface area is 121 Å². The highest BCUT2D eigenvalue weighted by Gasteiger charge is 2.20. The predicted molar refractivity (Wildman–Crippen MR) is 77.4 cm³/mol. The smallest absolute Gasteiger partial charge is 0.290 e. The van der Waals surface area contributed by atoms with Crippen LogP contribution in [0.5, 0.6) is 0 Å². The highest BCUT2D eigenvalue weighted by atomic mass is 19.1. The molecule has 0 fully saturated rings. The van der Waals surface area contributed by atoms with Crippen LogP contribution in [0.1, 0.15) is 23.7 Å². The molecule has 5 heteroatoms. The molecule has 0 spiro atoms. The predicted octanol–water partition coefficient (Wildman–Crippen LogP) is 2.88. The zero-order valence-corrected chi connectivity index (χ0v) is 11.7. The van der Waals surface area contributed by atoms with Crippen molar-refractivity contribution in [1.82, 2.24) is 4.57 Å². The van der Waals surface area contributed by atoms with Crippen molar-refractivity contribution in [3.63, 3.8) is 0 Å². The average Bonchev–Trinajstić information content (AvgIpc) is 2.79. The zero-order valence-electron chi connectivity index (χ0n) is 11.7. The lowest BCUT2D eigenvalue weighted by atomic mass is 10.1. The van der Waals surface area contributed by atoms with Crippen molar-refractivity contribution in [2.45, 2.75) is 19.9 Å². The molecule has 0 unspecified atom stereocenters. The van der Waals surface area contributed by atoms with Gasteiger partial charge in [-0.3, -0.25) is 14.4 Å². The third-order valence-electron chi connectivity index (χ3n) is 3.71. The molecule has 1 N–H and O–H groups in total. The summed E-state index contributed by atoms with van der Waals surface area (Å²) in [6, 6.07) is 9.01. The lowest BCUT2D eigenvalue weighted by Crippen LogP contribution is -2.29. The normalized spacial score (nSPS) is 11.3. The number of carbonyl (C=O) groups is 1. The third-order valence-corrected chi connectivity index (χ3v) is 3.71. The SMILES string of the molecule is CC(=O)c1ccc2c(c1)c1c(ccc[n+]1O)n2CCCF. The molecule has 2 heterocycles. The molecule has 0 saturated heterocycles. The summed E-state index contributed by atoms with van der Waals surface area (Å²) in [6.45, 7) is 1.65. The molecule has 2 aromatic heterocycles. The average molecular weight is 287 g/mol. The Hall–Kier alpha value is -2.43. The first-order valence-electron chi connectivity index (χ1n) is 6.86. The Balaban J connectivity index is 2.38. The molecular formula is C16H16FN2O2+. The van der Waals surface area contributed by atoms with Crippen LogP contribution < -0.4 is 4.73 Å². The maximum atomic E-state index is 12.5. The van der Waals surface area contributed by atoms with Crippen molar-refractivity contribution < 1.29 is 19.1 Å². The van der Waals surface area contributed by atoms with E-state index in [4.69, 9.17) is 0 Å². The number of Topliss-reactive ketones (excluding diaryl/α,β-unsaturated/α-hetero) is 1. The van der Waals surface area contributed by atoms with E-state index in [0.717, 1.165) is 21.2 Å². The summed E-state index contributed by atoms with van der Waals surface area (Å²) in [5, 5.41) is 10.9. The summed E-state index contributed by atoms with van der Waals surface area (Å²) in [6.07, 6.45) is 1.95. The highest BCUT2D eigenvalue weighted by molar-refractivity contribution is 6.07. The first-order chi connectivity index (χ1) is 10.1. The Morgan fingerprint density at radius 1 is 1.33 bits per heavy atom. The van der Waals surface area contributed by atoms with Crippen LogP contribution in [0.25, 0.3) is 21.9 Å². The van der Waals surface area contributed by atoms with Crippen LogP contribution in [-0.2, 0) is 6.54 Å². The molecule has 3 aromatic rings. The minimum absolute atomic E-state index is 0.0259. The number of carbonyl (C=O) groups excluding carboxylic acids is 1. The molecule has 4 nitrogen and oxygen atoms in total. The molecule has 1 aromatic carbocycles. The second-order valence-electron chi connectivity index (χ2n) is 5.07. The maximum Gasteiger partial charge on any atom is 0.290 e. The van der Waals surface area contributed by atoms with Crippen molar-refractivity contribution in [3.05, 3.63) is 42.1 Å². The topological polar surface area (TPSA) is 46.1 Å². The van der Waals surface area contributed by atoms with Crippen molar-refractivity contribution in [2.24, 2.45) is 0 Å². The van der Waals surface area contributed by atoms with Crippen LogP contribution in [0.2, 0.25) is 0 Å². The van der Waals surface area contributed by atoms with Crippen LogP contribution in [-0.4, -0.2) is 22.2 Å². The number of hydrogen-bond acceptors (Lipinski definition) is 2. The monoisotopic (exact) mass is 287 g/mol. The second-order valence-corrected chi connectivity index (χ2v) is 5.07. The second kappa shape index (κ2) is 5.16. The summed E-state index contributed by atoms with van der Waals surface area (Å²) < 4.78 is 15.5. The fourth-order valence-electron chi connectivity index (χ4n) is 2.73. The van der Waals surface area contributed by atoms with E-state index in [2.05, 4.69) is 0 Å². The van der Waals surface area contributed by atoms with Gasteiger partial charge in [0, 0.05) is 22.9 Å². The minimum Gasteiger partial charge on any atom is -0.335 e. The van der Waals surface area contributed by atoms with E-state index < -0.39 is 6.67 Å². The van der Waals surface area contributed by atoms with Crippen molar-refractivity contribution >= 4 is 27.7 Å². The van der Waals surface area contributed by atoms with E-state index in [9.17, 15) is 14.4 Å². The van der Waals surface area contributed by atoms with Crippen LogP contribution in [0.4, 0.5) is 4.39 Å². The Kier molecular flexibility index (Phi) is 3.33. The fourth-order valence-corrected chi connectivity index (χ4v) is 2.73. The van der Waals surface area contributed by atoms with Crippen LogP contribution in [0.3, 0.4) is 0 Å². The van der Waals surface area contributed by atoms with Gasteiger partial charge in [-0.2, -0.15) is 0 Å². The number of hydrogen-bond donors (Lipinski definition) is 1. The summed E-state index contributed by atoms with van der Waals surface area (Å²) in [4.78, 5) is 11.6. The van der Waals surface area contributed by atoms with Gasteiger partial charge in [-0.1, -0.05) is 0 Å². The standard InChI is InChI=1S/C16H16FN2O2/c1-11(20)12-5-6-14-13(10-12)16-15(4-2-9-19(16)21)18(14)8-3-7-17/h2,4-6,9-10,21H,3,7-8H2,1H3/q+1. The van der Waals surface area contributed by atoms with Gasteiger partial charge in [0.1, 0.15) is 5.52 Å². The molecule has 0 radical (unpaired) electrons. The van der Waals surface area contributed by atoms with Crippen molar-refractivity contribution in [3.8, 4) is 0 Å². The van der Waals surface area contributed by atoms with Gasteiger partial charge in [-0.25, -0.2) is 0 Å². The van der Waals surface area contributed by atoms with Gasteiger partial charge in [0.05, 0.1) is 17.6 Å². The van der Waals surface area contributed by atoms with Crippen LogP contribution in [0, 0.1) is 0 Å². The molecular weight excluding hydrogens is 271 g/mol. The van der Waals surface area contributed by atoms with E-state index in [0.29, 0.717) is 24.0 Å².